The molecule has 104 valence electrons. The SMILES string of the molecule is CC1=Cc2nccc3nc([Si](C)(C)C)cc(c23)C1(C)C. The van der Waals surface area contributed by atoms with Gasteiger partial charge in [0.15, 0.2) is 0 Å². The van der Waals surface area contributed by atoms with Gasteiger partial charge in [0, 0.05) is 22.3 Å². The van der Waals surface area contributed by atoms with Crippen LogP contribution >= 0.6 is 0 Å². The summed E-state index contributed by atoms with van der Waals surface area (Å²) in [7, 11) is -1.43. The summed E-state index contributed by atoms with van der Waals surface area (Å²) in [4.78, 5) is 9.47. The first-order chi connectivity index (χ1) is 9.21. The lowest BCUT2D eigenvalue weighted by Gasteiger charge is -2.33. The number of aromatic nitrogens is 2. The lowest BCUT2D eigenvalue weighted by atomic mass is 9.73. The Morgan fingerprint density at radius 2 is 1.85 bits per heavy atom. The molecule has 1 aliphatic carbocycles. The van der Waals surface area contributed by atoms with Crippen LogP contribution in [0.25, 0.3) is 17.0 Å². The predicted octanol–water partition coefficient (Wildman–Crippen LogP) is 3.87. The van der Waals surface area contributed by atoms with Crippen LogP contribution in [0.15, 0.2) is 23.9 Å². The number of hydrogen-bond donors (Lipinski definition) is 0. The summed E-state index contributed by atoms with van der Waals surface area (Å²) >= 11 is 0. The number of hydrogen-bond acceptors (Lipinski definition) is 2. The minimum absolute atomic E-state index is 0.0611. The van der Waals surface area contributed by atoms with Gasteiger partial charge >= 0.3 is 0 Å². The molecule has 0 saturated heterocycles. The molecule has 3 rings (SSSR count). The molecule has 0 N–H and O–H groups in total. The molecule has 3 heteroatoms. The van der Waals surface area contributed by atoms with Gasteiger partial charge in [-0.15, -0.1) is 0 Å². The summed E-state index contributed by atoms with van der Waals surface area (Å²) in [5.41, 5.74) is 5.00. The molecular formula is C17H22N2Si. The maximum atomic E-state index is 4.93. The van der Waals surface area contributed by atoms with E-state index in [1.807, 2.05) is 6.20 Å². The molecule has 0 aliphatic heterocycles. The fourth-order valence-corrected chi connectivity index (χ4v) is 3.83. The Morgan fingerprint density at radius 1 is 1.15 bits per heavy atom. The quantitative estimate of drug-likeness (QED) is 0.742. The van der Waals surface area contributed by atoms with Crippen LogP contribution in [0, 0.1) is 0 Å². The summed E-state index contributed by atoms with van der Waals surface area (Å²) in [6.07, 6.45) is 4.09. The fourth-order valence-electron chi connectivity index (χ4n) is 2.79. The third-order valence-electron chi connectivity index (χ3n) is 4.53. The first-order valence-electron chi connectivity index (χ1n) is 7.21. The molecule has 0 atom stereocenters. The van der Waals surface area contributed by atoms with Crippen LogP contribution in [0.3, 0.4) is 0 Å². The average Bonchev–Trinajstić information content (AvgIpc) is 2.35. The van der Waals surface area contributed by atoms with Gasteiger partial charge in [0.05, 0.1) is 11.2 Å². The summed E-state index contributed by atoms with van der Waals surface area (Å²) in [5, 5.41) is 2.53. The van der Waals surface area contributed by atoms with Gasteiger partial charge in [0.1, 0.15) is 8.07 Å². The topological polar surface area (TPSA) is 25.8 Å². The van der Waals surface area contributed by atoms with Crippen molar-refractivity contribution in [1.29, 1.82) is 0 Å². The van der Waals surface area contributed by atoms with Crippen LogP contribution in [0.4, 0.5) is 0 Å². The molecule has 1 aliphatic rings. The molecule has 2 aromatic heterocycles. The zero-order valence-electron chi connectivity index (χ0n) is 13.2. The normalized spacial score (nSPS) is 17.2. The third kappa shape index (κ3) is 1.84. The van der Waals surface area contributed by atoms with Crippen LogP contribution in [0.5, 0.6) is 0 Å². The third-order valence-corrected chi connectivity index (χ3v) is 6.32. The molecule has 2 aromatic rings. The Morgan fingerprint density at radius 3 is 2.50 bits per heavy atom. The molecule has 0 fully saturated rings. The summed E-state index contributed by atoms with van der Waals surface area (Å²) in [5.74, 6) is 0. The second kappa shape index (κ2) is 4.01. The molecule has 2 heterocycles. The van der Waals surface area contributed by atoms with E-state index in [2.05, 4.69) is 63.6 Å². The maximum absolute atomic E-state index is 4.93. The van der Waals surface area contributed by atoms with Gasteiger partial charge in [-0.05, 0) is 30.7 Å². The average molecular weight is 282 g/mol. The molecule has 0 amide bonds. The largest absolute Gasteiger partial charge is 0.257 e. The highest BCUT2D eigenvalue weighted by Gasteiger charge is 2.32. The zero-order chi connectivity index (χ0) is 14.7. The van der Waals surface area contributed by atoms with E-state index in [1.165, 1.54) is 21.8 Å². The minimum atomic E-state index is -1.43. The Hall–Kier alpha value is -1.48. The van der Waals surface area contributed by atoms with E-state index in [-0.39, 0.29) is 5.41 Å². The van der Waals surface area contributed by atoms with Gasteiger partial charge in [-0.25, -0.2) is 0 Å². The smallest absolute Gasteiger partial charge is 0.101 e. The molecule has 0 spiro atoms. The second-order valence-electron chi connectivity index (χ2n) is 7.35. The summed E-state index contributed by atoms with van der Waals surface area (Å²) < 4.78 is 0. The Labute approximate surface area is 122 Å². The number of allylic oxidation sites excluding steroid dienone is 1. The lowest BCUT2D eigenvalue weighted by molar-refractivity contribution is 0.630. The lowest BCUT2D eigenvalue weighted by Crippen LogP contribution is -2.41. The second-order valence-corrected chi connectivity index (χ2v) is 12.4. The van der Waals surface area contributed by atoms with Gasteiger partial charge in [0.25, 0.3) is 0 Å². The highest BCUT2D eigenvalue weighted by Crippen LogP contribution is 2.41. The van der Waals surface area contributed by atoms with Crippen molar-refractivity contribution >= 4 is 30.4 Å². The van der Waals surface area contributed by atoms with Gasteiger partial charge in [-0.3, -0.25) is 9.97 Å². The number of nitrogens with zero attached hydrogens (tertiary/aromatic N) is 2. The van der Waals surface area contributed by atoms with Crippen molar-refractivity contribution < 1.29 is 0 Å². The molecule has 0 unspecified atom stereocenters. The van der Waals surface area contributed by atoms with Gasteiger partial charge in [-0.1, -0.05) is 39.1 Å². The Kier molecular flexibility index (Phi) is 2.71. The predicted molar refractivity (Wildman–Crippen MR) is 89.2 cm³/mol. The van der Waals surface area contributed by atoms with Crippen LogP contribution < -0.4 is 5.32 Å². The van der Waals surface area contributed by atoms with Crippen molar-refractivity contribution in [3.05, 3.63) is 35.2 Å². The minimum Gasteiger partial charge on any atom is -0.257 e. The number of rotatable bonds is 1. The van der Waals surface area contributed by atoms with Crippen molar-refractivity contribution in [2.24, 2.45) is 0 Å². The standard InChI is InChI=1S/C17H22N2Si/c1-11-9-14-16-12(17(11,2)3)10-15(20(4,5)6)19-13(16)7-8-18-14/h7-10H,1-6H3. The molecular weight excluding hydrogens is 260 g/mol. The summed E-state index contributed by atoms with van der Waals surface area (Å²) in [6.45, 7) is 13.9. The van der Waals surface area contributed by atoms with E-state index in [0.717, 1.165) is 11.2 Å². The van der Waals surface area contributed by atoms with E-state index in [4.69, 9.17) is 4.98 Å². The van der Waals surface area contributed by atoms with E-state index in [9.17, 15) is 0 Å². The molecule has 20 heavy (non-hydrogen) atoms. The Bertz CT molecular complexity index is 736. The highest BCUT2D eigenvalue weighted by atomic mass is 28.3. The molecule has 0 bridgehead atoms. The van der Waals surface area contributed by atoms with Crippen LogP contribution in [0.2, 0.25) is 19.6 Å². The van der Waals surface area contributed by atoms with Crippen molar-refractivity contribution in [2.45, 2.75) is 45.8 Å². The van der Waals surface area contributed by atoms with Crippen molar-refractivity contribution in [3.8, 4) is 0 Å². The van der Waals surface area contributed by atoms with Crippen molar-refractivity contribution in [2.75, 3.05) is 0 Å². The molecule has 2 nitrogen and oxygen atoms in total. The van der Waals surface area contributed by atoms with E-state index < -0.39 is 8.07 Å². The molecule has 0 radical (unpaired) electrons. The zero-order valence-corrected chi connectivity index (χ0v) is 14.2. The fraction of sp³-hybridized carbons (Fsp3) is 0.412. The Balaban J connectivity index is 2.45. The number of pyridine rings is 2. The van der Waals surface area contributed by atoms with Gasteiger partial charge < -0.3 is 0 Å². The van der Waals surface area contributed by atoms with E-state index in [0.29, 0.717) is 0 Å². The van der Waals surface area contributed by atoms with E-state index in [1.54, 1.807) is 0 Å². The summed E-state index contributed by atoms with van der Waals surface area (Å²) in [6, 6.07) is 4.40. The molecule has 0 saturated carbocycles. The monoisotopic (exact) mass is 282 g/mol. The van der Waals surface area contributed by atoms with Gasteiger partial charge in [0.2, 0.25) is 0 Å². The van der Waals surface area contributed by atoms with Crippen LogP contribution in [-0.4, -0.2) is 18.0 Å². The van der Waals surface area contributed by atoms with Crippen molar-refractivity contribution in [1.82, 2.24) is 9.97 Å². The van der Waals surface area contributed by atoms with Gasteiger partial charge in [-0.2, -0.15) is 0 Å². The maximum Gasteiger partial charge on any atom is 0.101 e. The molecule has 0 aromatic carbocycles. The van der Waals surface area contributed by atoms with Crippen LogP contribution in [0.1, 0.15) is 32.0 Å². The first-order valence-corrected chi connectivity index (χ1v) is 10.7. The van der Waals surface area contributed by atoms with Crippen molar-refractivity contribution in [3.63, 3.8) is 0 Å². The highest BCUT2D eigenvalue weighted by molar-refractivity contribution is 6.88. The van der Waals surface area contributed by atoms with Crippen LogP contribution in [-0.2, 0) is 5.41 Å². The first kappa shape index (κ1) is 13.5. The van der Waals surface area contributed by atoms with E-state index >= 15 is 0 Å².